The van der Waals surface area contributed by atoms with E-state index in [4.69, 9.17) is 33.2 Å². The molecule has 0 radical (unpaired) electrons. The summed E-state index contributed by atoms with van der Waals surface area (Å²) in [5.74, 6) is -3.12. The summed E-state index contributed by atoms with van der Waals surface area (Å²) in [7, 11) is -0.772. The number of carbonyl (C=O) groups excluding carboxylic acids is 1. The van der Waals surface area contributed by atoms with Crippen LogP contribution in [0.15, 0.2) is 0 Å². The van der Waals surface area contributed by atoms with Gasteiger partial charge in [-0.05, 0) is 66.7 Å². The predicted molar refractivity (Wildman–Crippen MR) is 193 cm³/mol. The summed E-state index contributed by atoms with van der Waals surface area (Å²) < 4.78 is 71.1. The van der Waals surface area contributed by atoms with E-state index in [1.54, 1.807) is 34.6 Å². The monoisotopic (exact) mass is 781 g/mol. The number of methoxy groups -OCH3 is 1. The second-order valence-electron chi connectivity index (χ2n) is 17.1. The van der Waals surface area contributed by atoms with Crippen molar-refractivity contribution in [1.82, 2.24) is 4.31 Å². The zero-order valence-electron chi connectivity index (χ0n) is 33.8. The van der Waals surface area contributed by atoms with Gasteiger partial charge in [-0.25, -0.2) is 8.42 Å². The molecule has 0 aromatic heterocycles. The first-order chi connectivity index (χ1) is 24.3. The quantitative estimate of drug-likeness (QED) is 0.235. The Morgan fingerprint density at radius 1 is 1.04 bits per heavy atom. The maximum absolute atomic E-state index is 14.3. The molecule has 0 aromatic carbocycles. The zero-order valence-corrected chi connectivity index (χ0v) is 34.6. The summed E-state index contributed by atoms with van der Waals surface area (Å²) in [6, 6.07) is -0.843. The summed E-state index contributed by atoms with van der Waals surface area (Å²) in [4.78, 5) is 14.3. The van der Waals surface area contributed by atoms with E-state index >= 15 is 0 Å². The molecule has 0 amide bonds. The van der Waals surface area contributed by atoms with Crippen LogP contribution < -0.4 is 0 Å². The molecular formula is C37H67NO14S. The number of esters is 1. The number of sulfonamides is 1. The van der Waals surface area contributed by atoms with Crippen LogP contribution in [0.4, 0.5) is 0 Å². The molecule has 4 fully saturated rings. The molecule has 0 spiro atoms. The minimum Gasteiger partial charge on any atom is -0.459 e. The molecule has 15 nitrogen and oxygen atoms in total. The fourth-order valence-electron chi connectivity index (χ4n) is 9.30. The average molecular weight is 782 g/mol. The van der Waals surface area contributed by atoms with E-state index in [1.807, 2.05) is 27.7 Å². The minimum atomic E-state index is -3.68. The molecule has 4 aliphatic heterocycles. The van der Waals surface area contributed by atoms with E-state index in [2.05, 4.69) is 0 Å². The molecule has 4 N–H and O–H groups in total. The van der Waals surface area contributed by atoms with Gasteiger partial charge in [0.1, 0.15) is 23.9 Å². The van der Waals surface area contributed by atoms with Crippen molar-refractivity contribution in [3.05, 3.63) is 0 Å². The van der Waals surface area contributed by atoms with E-state index in [0.29, 0.717) is 6.42 Å². The van der Waals surface area contributed by atoms with Crippen molar-refractivity contribution in [3.8, 4) is 0 Å². The number of fused-ring (bicyclic) bond motifs is 2. The zero-order chi connectivity index (χ0) is 40.2. The van der Waals surface area contributed by atoms with Crippen LogP contribution in [0.2, 0.25) is 0 Å². The largest absolute Gasteiger partial charge is 0.459 e. The third-order valence-corrected chi connectivity index (χ3v) is 14.0. The normalized spacial score (nSPS) is 47.7. The first-order valence-corrected chi connectivity index (χ1v) is 20.9. The van der Waals surface area contributed by atoms with E-state index in [-0.39, 0.29) is 25.2 Å². The summed E-state index contributed by atoms with van der Waals surface area (Å²) in [6.07, 6.45) is -8.52. The van der Waals surface area contributed by atoms with Gasteiger partial charge in [0, 0.05) is 32.4 Å². The first kappa shape index (κ1) is 44.7. The molecular weight excluding hydrogens is 714 g/mol. The Morgan fingerprint density at radius 2 is 1.66 bits per heavy atom. The Morgan fingerprint density at radius 3 is 2.23 bits per heavy atom. The molecule has 53 heavy (non-hydrogen) atoms. The van der Waals surface area contributed by atoms with E-state index in [1.165, 1.54) is 21.1 Å². The van der Waals surface area contributed by atoms with Gasteiger partial charge >= 0.3 is 5.97 Å². The SMILES string of the molecule is CC[C@@H](O)[C@@](C)(O)[C@@H]1OC(=O)[C@H](C)[C@@H](O[C@H]2CC(C)(OC)[C@@H](O)C(C)O2)[C@H](C)[C@@H](O[C@@H]2OC(C)CC(N(C)S(C)(=O)=O)C2O)C2(C)CC(C)C(O2)[C@@H]1C. The van der Waals surface area contributed by atoms with Gasteiger partial charge in [-0.3, -0.25) is 4.79 Å². The third-order valence-electron chi connectivity index (χ3n) is 12.7. The molecule has 19 atom stereocenters. The fraction of sp³-hybridized carbons (Fsp3) is 0.973. The van der Waals surface area contributed by atoms with Crippen molar-refractivity contribution in [2.75, 3.05) is 20.4 Å². The number of hydrogen-bond donors (Lipinski definition) is 4. The second kappa shape index (κ2) is 16.5. The molecule has 310 valence electrons. The van der Waals surface area contributed by atoms with Crippen LogP contribution in [0.5, 0.6) is 0 Å². The van der Waals surface area contributed by atoms with Gasteiger partial charge in [-0.2, -0.15) is 4.31 Å². The number of aliphatic hydroxyl groups excluding tert-OH is 3. The van der Waals surface area contributed by atoms with E-state index in [9.17, 15) is 33.6 Å². The molecule has 0 saturated carbocycles. The smallest absolute Gasteiger partial charge is 0.311 e. The number of hydrogen-bond acceptors (Lipinski definition) is 14. The topological polar surface area (TPSA) is 200 Å². The molecule has 4 saturated heterocycles. The van der Waals surface area contributed by atoms with E-state index < -0.39 is 124 Å². The number of likely N-dealkylation sites (N-methyl/N-ethyl adjacent to an activating group) is 1. The molecule has 4 heterocycles. The summed E-state index contributed by atoms with van der Waals surface area (Å²) in [5.41, 5.74) is -3.97. The number of ether oxygens (including phenoxy) is 7. The van der Waals surface area contributed by atoms with Crippen molar-refractivity contribution >= 4 is 16.0 Å². The summed E-state index contributed by atoms with van der Waals surface area (Å²) in [6.45, 7) is 17.6. The van der Waals surface area contributed by atoms with Crippen LogP contribution in [0.1, 0.15) is 94.9 Å². The standard InChI is InChI=1S/C37H67NO14S/c1-14-25(39)37(10,43)32-20(4)28-18(2)16-36(9,52-28)31(51-34-27(40)24(15-19(3)47-34)38(11)53(13,44)45)21(5)29(22(6)33(42)50-32)49-26-17-35(8,46-12)30(41)23(7)48-26/h18-32,34,39-41,43H,14-17H2,1-13H3/t18?,19?,20-,21-,22+,23?,24?,25+,26-,27?,28?,29-,30-,31+,32+,34-,35?,36?,37+/m0/s1. The molecule has 4 aliphatic rings. The van der Waals surface area contributed by atoms with Crippen LogP contribution >= 0.6 is 0 Å². The Bertz CT molecular complexity index is 1370. The Labute approximate surface area is 316 Å². The van der Waals surface area contributed by atoms with Crippen molar-refractivity contribution in [3.63, 3.8) is 0 Å². The van der Waals surface area contributed by atoms with Crippen molar-refractivity contribution < 1.29 is 66.8 Å². The lowest BCUT2D eigenvalue weighted by Crippen LogP contribution is -2.60. The molecule has 16 heteroatoms. The highest BCUT2D eigenvalue weighted by molar-refractivity contribution is 7.88. The predicted octanol–water partition coefficient (Wildman–Crippen LogP) is 1.95. The molecule has 4 rings (SSSR count). The average Bonchev–Trinajstić information content (AvgIpc) is 3.39. The van der Waals surface area contributed by atoms with E-state index in [0.717, 1.165) is 10.6 Å². The number of nitrogens with zero attached hydrogens (tertiary/aromatic N) is 1. The summed E-state index contributed by atoms with van der Waals surface area (Å²) in [5, 5.41) is 45.4. The fourth-order valence-corrected chi connectivity index (χ4v) is 10.00. The lowest BCUT2D eigenvalue weighted by molar-refractivity contribution is -0.317. The minimum absolute atomic E-state index is 0.122. The van der Waals surface area contributed by atoms with Crippen molar-refractivity contribution in [2.45, 2.75) is 185 Å². The number of carbonyl (C=O) groups is 1. The summed E-state index contributed by atoms with van der Waals surface area (Å²) >= 11 is 0. The van der Waals surface area contributed by atoms with Gasteiger partial charge in [-0.1, -0.05) is 27.7 Å². The van der Waals surface area contributed by atoms with Gasteiger partial charge < -0.3 is 53.6 Å². The van der Waals surface area contributed by atoms with Gasteiger partial charge in [0.05, 0.1) is 66.0 Å². The molecule has 0 aliphatic carbocycles. The number of cyclic esters (lactones) is 1. The van der Waals surface area contributed by atoms with Gasteiger partial charge in [-0.15, -0.1) is 0 Å². The molecule has 0 aromatic rings. The van der Waals surface area contributed by atoms with Gasteiger partial charge in [0.2, 0.25) is 10.0 Å². The number of rotatable bonds is 10. The van der Waals surface area contributed by atoms with Crippen molar-refractivity contribution in [2.24, 2.45) is 23.7 Å². The highest BCUT2D eigenvalue weighted by atomic mass is 32.2. The van der Waals surface area contributed by atoms with Gasteiger partial charge in [0.15, 0.2) is 12.6 Å². The Hall–Kier alpha value is -1.02. The second-order valence-corrected chi connectivity index (χ2v) is 19.1. The van der Waals surface area contributed by atoms with Crippen LogP contribution in [-0.2, 0) is 48.0 Å². The Kier molecular flexibility index (Phi) is 13.9. The number of aliphatic hydroxyl groups is 4. The first-order valence-electron chi connectivity index (χ1n) is 19.1. The van der Waals surface area contributed by atoms with Crippen molar-refractivity contribution in [1.29, 1.82) is 0 Å². The van der Waals surface area contributed by atoms with Crippen LogP contribution in [0, 0.1) is 23.7 Å². The molecule has 8 unspecified atom stereocenters. The van der Waals surface area contributed by atoms with Gasteiger partial charge in [0.25, 0.3) is 0 Å². The van der Waals surface area contributed by atoms with Crippen LogP contribution in [0.25, 0.3) is 0 Å². The maximum atomic E-state index is 14.3. The lowest BCUT2D eigenvalue weighted by Gasteiger charge is -2.48. The lowest BCUT2D eigenvalue weighted by atomic mass is 9.76. The third kappa shape index (κ3) is 8.94. The Balaban J connectivity index is 1.84. The maximum Gasteiger partial charge on any atom is 0.311 e. The molecule has 2 bridgehead atoms. The van der Waals surface area contributed by atoms with Crippen LogP contribution in [-0.4, -0.2) is 150 Å². The highest BCUT2D eigenvalue weighted by Crippen LogP contribution is 2.48. The van der Waals surface area contributed by atoms with Crippen LogP contribution in [0.3, 0.4) is 0 Å². The highest BCUT2D eigenvalue weighted by Gasteiger charge is 2.59.